The van der Waals surface area contributed by atoms with Gasteiger partial charge < -0.3 is 19.5 Å². The summed E-state index contributed by atoms with van der Waals surface area (Å²) in [4.78, 5) is 12.1. The number of rotatable bonds is 7. The molecular formula is C18H21NO4. The van der Waals surface area contributed by atoms with E-state index in [4.69, 9.17) is 14.2 Å². The molecule has 0 saturated carbocycles. The van der Waals surface area contributed by atoms with Gasteiger partial charge in [-0.05, 0) is 48.9 Å². The lowest BCUT2D eigenvalue weighted by Crippen LogP contribution is -2.35. The molecule has 23 heavy (non-hydrogen) atoms. The molecule has 0 aliphatic rings. The second-order valence-corrected chi connectivity index (χ2v) is 5.00. The molecule has 1 amide bonds. The van der Waals surface area contributed by atoms with Crippen LogP contribution in [-0.4, -0.2) is 26.2 Å². The van der Waals surface area contributed by atoms with E-state index in [1.54, 1.807) is 45.4 Å². The van der Waals surface area contributed by atoms with Crippen molar-refractivity contribution in [2.75, 3.05) is 14.2 Å². The van der Waals surface area contributed by atoms with E-state index in [0.717, 1.165) is 17.1 Å². The maximum atomic E-state index is 12.1. The Labute approximate surface area is 136 Å². The van der Waals surface area contributed by atoms with Crippen LogP contribution >= 0.6 is 0 Å². The first-order valence-corrected chi connectivity index (χ1v) is 7.33. The van der Waals surface area contributed by atoms with Gasteiger partial charge in [0.1, 0.15) is 17.2 Å². The highest BCUT2D eigenvalue weighted by Crippen LogP contribution is 2.18. The first-order valence-electron chi connectivity index (χ1n) is 7.33. The van der Waals surface area contributed by atoms with Gasteiger partial charge >= 0.3 is 0 Å². The molecule has 122 valence electrons. The van der Waals surface area contributed by atoms with E-state index in [1.807, 2.05) is 24.3 Å². The minimum Gasteiger partial charge on any atom is -0.497 e. The lowest BCUT2D eigenvalue weighted by molar-refractivity contribution is -0.127. The summed E-state index contributed by atoms with van der Waals surface area (Å²) in [6.07, 6.45) is -0.582. The fourth-order valence-electron chi connectivity index (χ4n) is 1.99. The third kappa shape index (κ3) is 4.92. The van der Waals surface area contributed by atoms with Crippen molar-refractivity contribution < 1.29 is 19.0 Å². The Hall–Kier alpha value is -2.69. The van der Waals surface area contributed by atoms with Crippen molar-refractivity contribution in [2.45, 2.75) is 19.6 Å². The first-order chi connectivity index (χ1) is 11.1. The topological polar surface area (TPSA) is 56.8 Å². The van der Waals surface area contributed by atoms with Crippen molar-refractivity contribution in [1.82, 2.24) is 5.32 Å². The zero-order chi connectivity index (χ0) is 16.7. The third-order valence-electron chi connectivity index (χ3n) is 3.37. The second-order valence-electron chi connectivity index (χ2n) is 5.00. The largest absolute Gasteiger partial charge is 0.497 e. The molecule has 2 rings (SSSR count). The highest BCUT2D eigenvalue weighted by molar-refractivity contribution is 5.80. The summed E-state index contributed by atoms with van der Waals surface area (Å²) in [5.41, 5.74) is 0.996. The number of hydrogen-bond donors (Lipinski definition) is 1. The van der Waals surface area contributed by atoms with Gasteiger partial charge in [-0.3, -0.25) is 4.79 Å². The van der Waals surface area contributed by atoms with Crippen molar-refractivity contribution in [3.63, 3.8) is 0 Å². The van der Waals surface area contributed by atoms with Crippen LogP contribution in [0.25, 0.3) is 0 Å². The Balaban J connectivity index is 1.83. The van der Waals surface area contributed by atoms with E-state index in [0.29, 0.717) is 12.3 Å². The highest BCUT2D eigenvalue weighted by atomic mass is 16.5. The van der Waals surface area contributed by atoms with Gasteiger partial charge in [0.2, 0.25) is 0 Å². The summed E-state index contributed by atoms with van der Waals surface area (Å²) in [7, 11) is 3.22. The Bertz CT molecular complexity index is 622. The van der Waals surface area contributed by atoms with Crippen LogP contribution in [0.15, 0.2) is 48.5 Å². The van der Waals surface area contributed by atoms with Crippen molar-refractivity contribution in [1.29, 1.82) is 0 Å². The highest BCUT2D eigenvalue weighted by Gasteiger charge is 2.14. The summed E-state index contributed by atoms with van der Waals surface area (Å²) >= 11 is 0. The number of nitrogens with one attached hydrogen (secondary N) is 1. The first kappa shape index (κ1) is 16.7. The van der Waals surface area contributed by atoms with Crippen LogP contribution < -0.4 is 19.5 Å². The van der Waals surface area contributed by atoms with Crippen molar-refractivity contribution in [3.05, 3.63) is 54.1 Å². The van der Waals surface area contributed by atoms with Gasteiger partial charge in [0.25, 0.3) is 5.91 Å². The molecule has 5 heteroatoms. The van der Waals surface area contributed by atoms with Gasteiger partial charge in [0.05, 0.1) is 14.2 Å². The monoisotopic (exact) mass is 315 g/mol. The van der Waals surface area contributed by atoms with E-state index in [-0.39, 0.29) is 5.91 Å². The Morgan fingerprint density at radius 2 is 1.39 bits per heavy atom. The minimum absolute atomic E-state index is 0.170. The van der Waals surface area contributed by atoms with Crippen LogP contribution in [0.2, 0.25) is 0 Å². The fraction of sp³-hybridized carbons (Fsp3) is 0.278. The average molecular weight is 315 g/mol. The van der Waals surface area contributed by atoms with E-state index >= 15 is 0 Å². The van der Waals surface area contributed by atoms with E-state index in [2.05, 4.69) is 5.32 Å². The molecule has 1 atom stereocenters. The standard InChI is InChI=1S/C18H21NO4/c1-13(23-17-10-8-16(22-3)9-11-17)18(20)19-12-14-4-6-15(21-2)7-5-14/h4-11,13H,12H2,1-3H3,(H,19,20)/t13-/m1/s1. The number of benzene rings is 2. The number of hydrogen-bond acceptors (Lipinski definition) is 4. The number of amides is 1. The smallest absolute Gasteiger partial charge is 0.261 e. The van der Waals surface area contributed by atoms with Crippen molar-refractivity contribution in [2.24, 2.45) is 0 Å². The molecule has 0 radical (unpaired) electrons. The average Bonchev–Trinajstić information content (AvgIpc) is 2.60. The molecule has 0 aromatic heterocycles. The van der Waals surface area contributed by atoms with Crippen LogP contribution in [0.4, 0.5) is 0 Å². The van der Waals surface area contributed by atoms with Gasteiger partial charge in [-0.25, -0.2) is 0 Å². The molecule has 0 saturated heterocycles. The zero-order valence-corrected chi connectivity index (χ0v) is 13.5. The van der Waals surface area contributed by atoms with Gasteiger partial charge in [0.15, 0.2) is 6.10 Å². The normalized spacial score (nSPS) is 11.4. The third-order valence-corrected chi connectivity index (χ3v) is 3.37. The molecule has 1 N–H and O–H groups in total. The predicted octanol–water partition coefficient (Wildman–Crippen LogP) is 2.79. The maximum absolute atomic E-state index is 12.1. The molecular weight excluding hydrogens is 294 g/mol. The lowest BCUT2D eigenvalue weighted by atomic mass is 10.2. The van der Waals surface area contributed by atoms with Crippen molar-refractivity contribution >= 4 is 5.91 Å². The molecule has 0 heterocycles. The van der Waals surface area contributed by atoms with Crippen LogP contribution in [0, 0.1) is 0 Å². The fourth-order valence-corrected chi connectivity index (χ4v) is 1.99. The van der Waals surface area contributed by atoms with Crippen LogP contribution in [0.1, 0.15) is 12.5 Å². The quantitative estimate of drug-likeness (QED) is 0.853. The Morgan fingerprint density at radius 3 is 1.91 bits per heavy atom. The molecule has 2 aromatic carbocycles. The van der Waals surface area contributed by atoms with Crippen LogP contribution in [0.5, 0.6) is 17.2 Å². The molecule has 0 aliphatic carbocycles. The Morgan fingerprint density at radius 1 is 0.913 bits per heavy atom. The summed E-state index contributed by atoms with van der Waals surface area (Å²) < 4.78 is 15.8. The summed E-state index contributed by atoms with van der Waals surface area (Å²) in [6.45, 7) is 2.16. The predicted molar refractivity (Wildman–Crippen MR) is 87.9 cm³/mol. The van der Waals surface area contributed by atoms with Gasteiger partial charge in [-0.1, -0.05) is 12.1 Å². The second kappa shape index (κ2) is 8.08. The molecule has 2 aromatic rings. The van der Waals surface area contributed by atoms with Crippen LogP contribution in [0.3, 0.4) is 0 Å². The van der Waals surface area contributed by atoms with Gasteiger partial charge in [-0.15, -0.1) is 0 Å². The number of ether oxygens (including phenoxy) is 3. The number of carbonyl (C=O) groups is 1. The summed E-state index contributed by atoms with van der Waals surface area (Å²) in [6, 6.07) is 14.7. The molecule has 0 unspecified atom stereocenters. The molecule has 0 fully saturated rings. The van der Waals surface area contributed by atoms with Gasteiger partial charge in [0, 0.05) is 6.54 Å². The van der Waals surface area contributed by atoms with Crippen molar-refractivity contribution in [3.8, 4) is 17.2 Å². The van der Waals surface area contributed by atoms with E-state index in [9.17, 15) is 4.79 Å². The van der Waals surface area contributed by atoms with Crippen LogP contribution in [-0.2, 0) is 11.3 Å². The molecule has 0 spiro atoms. The molecule has 0 bridgehead atoms. The SMILES string of the molecule is COc1ccc(CNC(=O)[C@@H](C)Oc2ccc(OC)cc2)cc1. The number of methoxy groups -OCH3 is 2. The zero-order valence-electron chi connectivity index (χ0n) is 13.5. The molecule has 5 nitrogen and oxygen atoms in total. The maximum Gasteiger partial charge on any atom is 0.261 e. The van der Waals surface area contributed by atoms with Gasteiger partial charge in [-0.2, -0.15) is 0 Å². The lowest BCUT2D eigenvalue weighted by Gasteiger charge is -2.15. The summed E-state index contributed by atoms with van der Waals surface area (Å²) in [5.74, 6) is 1.99. The molecule has 0 aliphatic heterocycles. The van der Waals surface area contributed by atoms with E-state index < -0.39 is 6.10 Å². The van der Waals surface area contributed by atoms with E-state index in [1.165, 1.54) is 0 Å². The number of carbonyl (C=O) groups excluding carboxylic acids is 1. The summed E-state index contributed by atoms with van der Waals surface area (Å²) in [5, 5.41) is 2.85. The minimum atomic E-state index is -0.582. The Kier molecular flexibility index (Phi) is 5.86.